The van der Waals surface area contributed by atoms with Crippen LogP contribution in [0.3, 0.4) is 0 Å². The van der Waals surface area contributed by atoms with Crippen LogP contribution in [0.5, 0.6) is 0 Å². The summed E-state index contributed by atoms with van der Waals surface area (Å²) in [5.74, 6) is -0.282. The third-order valence-corrected chi connectivity index (χ3v) is 4.22. The van der Waals surface area contributed by atoms with Gasteiger partial charge in [-0.1, -0.05) is 49.4 Å². The minimum absolute atomic E-state index is 0.251. The molecule has 0 fully saturated rings. The topological polar surface area (TPSA) is 57.6 Å². The number of benzene rings is 2. The minimum Gasteiger partial charge on any atom is -0.366 e. The Bertz CT molecular complexity index is 699. The van der Waals surface area contributed by atoms with Gasteiger partial charge in [0.2, 0.25) is 0 Å². The van der Waals surface area contributed by atoms with Crippen molar-refractivity contribution in [1.29, 1.82) is 0 Å². The van der Waals surface area contributed by atoms with E-state index in [4.69, 9.17) is 4.55 Å². The quantitative estimate of drug-likeness (QED) is 0.797. The van der Waals surface area contributed by atoms with E-state index in [1.165, 1.54) is 5.56 Å². The van der Waals surface area contributed by atoms with Crippen molar-refractivity contribution < 1.29 is 13.0 Å². The van der Waals surface area contributed by atoms with Gasteiger partial charge in [0.15, 0.2) is 0 Å². The SMILES string of the molecule is CCc1cccc(N(CCS(=O)(=O)O)Cc2ccccc2)c1. The van der Waals surface area contributed by atoms with E-state index in [1.807, 2.05) is 53.4 Å². The molecule has 0 saturated heterocycles. The highest BCUT2D eigenvalue weighted by Crippen LogP contribution is 2.19. The molecule has 2 aromatic carbocycles. The van der Waals surface area contributed by atoms with E-state index in [0.717, 1.165) is 17.7 Å². The Labute approximate surface area is 132 Å². The van der Waals surface area contributed by atoms with Crippen molar-refractivity contribution in [1.82, 2.24) is 0 Å². The maximum absolute atomic E-state index is 11.1. The maximum atomic E-state index is 11.1. The van der Waals surface area contributed by atoms with Gasteiger partial charge in [0.1, 0.15) is 0 Å². The Kier molecular flexibility index (Phi) is 5.57. The number of anilines is 1. The van der Waals surface area contributed by atoms with Gasteiger partial charge in [-0.3, -0.25) is 4.55 Å². The number of nitrogens with zero attached hydrogens (tertiary/aromatic N) is 1. The van der Waals surface area contributed by atoms with Crippen molar-refractivity contribution >= 4 is 15.8 Å². The second-order valence-electron chi connectivity index (χ2n) is 5.22. The fourth-order valence-electron chi connectivity index (χ4n) is 2.30. The van der Waals surface area contributed by atoms with Crippen molar-refractivity contribution in [2.75, 3.05) is 17.2 Å². The molecule has 118 valence electrons. The van der Waals surface area contributed by atoms with Crippen LogP contribution in [0.2, 0.25) is 0 Å². The Morgan fingerprint density at radius 1 is 1.00 bits per heavy atom. The molecule has 0 aliphatic heterocycles. The van der Waals surface area contributed by atoms with Crippen molar-refractivity contribution in [3.05, 3.63) is 65.7 Å². The summed E-state index contributed by atoms with van der Waals surface area (Å²) in [6.07, 6.45) is 0.922. The Balaban J connectivity index is 2.23. The molecule has 5 heteroatoms. The first kappa shape index (κ1) is 16.5. The summed E-state index contributed by atoms with van der Waals surface area (Å²) in [4.78, 5) is 1.97. The van der Waals surface area contributed by atoms with Gasteiger partial charge in [-0.2, -0.15) is 8.42 Å². The second kappa shape index (κ2) is 7.42. The van der Waals surface area contributed by atoms with E-state index in [2.05, 4.69) is 13.0 Å². The molecule has 2 rings (SSSR count). The van der Waals surface area contributed by atoms with Gasteiger partial charge < -0.3 is 4.90 Å². The number of hydrogen-bond donors (Lipinski definition) is 1. The number of aryl methyl sites for hydroxylation is 1. The third-order valence-electron chi connectivity index (χ3n) is 3.52. The largest absolute Gasteiger partial charge is 0.366 e. The summed E-state index contributed by atoms with van der Waals surface area (Å²) in [5.41, 5.74) is 3.26. The molecular weight excluding hydrogens is 298 g/mol. The summed E-state index contributed by atoms with van der Waals surface area (Å²) in [5, 5.41) is 0. The van der Waals surface area contributed by atoms with Crippen LogP contribution in [0.4, 0.5) is 5.69 Å². The Morgan fingerprint density at radius 3 is 2.32 bits per heavy atom. The molecule has 22 heavy (non-hydrogen) atoms. The minimum atomic E-state index is -3.98. The van der Waals surface area contributed by atoms with E-state index in [1.54, 1.807) is 0 Å². The highest BCUT2D eigenvalue weighted by molar-refractivity contribution is 7.85. The zero-order chi connectivity index (χ0) is 16.0. The standard InChI is InChI=1S/C17H21NO3S/c1-2-15-9-6-10-17(13-15)18(11-12-22(19,20)21)14-16-7-4-3-5-8-16/h3-10,13H,2,11-12,14H2,1H3,(H,19,20,21). The average molecular weight is 319 g/mol. The summed E-state index contributed by atoms with van der Waals surface area (Å²) in [7, 11) is -3.98. The van der Waals surface area contributed by atoms with Crippen LogP contribution in [-0.2, 0) is 23.1 Å². The average Bonchev–Trinajstić information content (AvgIpc) is 2.51. The van der Waals surface area contributed by atoms with E-state index in [0.29, 0.717) is 6.54 Å². The van der Waals surface area contributed by atoms with Crippen molar-refractivity contribution in [2.24, 2.45) is 0 Å². The highest BCUT2D eigenvalue weighted by Gasteiger charge is 2.12. The molecule has 0 heterocycles. The first-order valence-electron chi connectivity index (χ1n) is 7.31. The van der Waals surface area contributed by atoms with Gasteiger partial charge in [-0.15, -0.1) is 0 Å². The summed E-state index contributed by atoms with van der Waals surface area (Å²) < 4.78 is 31.2. The predicted octanol–water partition coefficient (Wildman–Crippen LogP) is 3.14. The normalized spacial score (nSPS) is 11.4. The Hall–Kier alpha value is -1.85. The van der Waals surface area contributed by atoms with Crippen molar-refractivity contribution in [2.45, 2.75) is 19.9 Å². The Morgan fingerprint density at radius 2 is 1.68 bits per heavy atom. The number of rotatable bonds is 7. The molecule has 2 aromatic rings. The van der Waals surface area contributed by atoms with E-state index in [-0.39, 0.29) is 12.3 Å². The fraction of sp³-hybridized carbons (Fsp3) is 0.294. The molecule has 1 N–H and O–H groups in total. The molecule has 0 aliphatic rings. The van der Waals surface area contributed by atoms with Crippen LogP contribution in [0, 0.1) is 0 Å². The molecule has 0 amide bonds. The van der Waals surface area contributed by atoms with Crippen LogP contribution in [0.15, 0.2) is 54.6 Å². The lowest BCUT2D eigenvalue weighted by atomic mass is 10.1. The summed E-state index contributed by atoms with van der Waals surface area (Å²) >= 11 is 0. The van der Waals surface area contributed by atoms with Gasteiger partial charge in [-0.25, -0.2) is 0 Å². The first-order chi connectivity index (χ1) is 10.5. The highest BCUT2D eigenvalue weighted by atomic mass is 32.2. The molecule has 0 aromatic heterocycles. The van der Waals surface area contributed by atoms with Crippen molar-refractivity contribution in [3.8, 4) is 0 Å². The fourth-order valence-corrected chi connectivity index (χ4v) is 2.75. The van der Waals surface area contributed by atoms with Gasteiger partial charge in [-0.05, 0) is 29.7 Å². The molecule has 0 bridgehead atoms. The van der Waals surface area contributed by atoms with Crippen molar-refractivity contribution in [3.63, 3.8) is 0 Å². The molecular formula is C17H21NO3S. The van der Waals surface area contributed by atoms with E-state index < -0.39 is 10.1 Å². The molecule has 4 nitrogen and oxygen atoms in total. The lowest BCUT2D eigenvalue weighted by molar-refractivity contribution is 0.482. The monoisotopic (exact) mass is 319 g/mol. The zero-order valence-electron chi connectivity index (χ0n) is 12.6. The molecule has 0 radical (unpaired) electrons. The summed E-state index contributed by atoms with van der Waals surface area (Å²) in [6, 6.07) is 17.9. The van der Waals surface area contributed by atoms with Crippen LogP contribution >= 0.6 is 0 Å². The molecule has 0 spiro atoms. The zero-order valence-corrected chi connectivity index (χ0v) is 13.5. The third kappa shape index (κ3) is 5.16. The van der Waals surface area contributed by atoms with Gasteiger partial charge in [0.05, 0.1) is 5.75 Å². The predicted molar refractivity (Wildman–Crippen MR) is 89.7 cm³/mol. The van der Waals surface area contributed by atoms with Crippen LogP contribution in [0.25, 0.3) is 0 Å². The second-order valence-corrected chi connectivity index (χ2v) is 6.79. The molecule has 0 unspecified atom stereocenters. The lowest BCUT2D eigenvalue weighted by Gasteiger charge is -2.25. The number of hydrogen-bond acceptors (Lipinski definition) is 3. The van der Waals surface area contributed by atoms with Gasteiger partial charge in [0, 0.05) is 18.8 Å². The molecule has 0 saturated carbocycles. The smallest absolute Gasteiger partial charge is 0.266 e. The van der Waals surface area contributed by atoms with Crippen LogP contribution in [0.1, 0.15) is 18.1 Å². The van der Waals surface area contributed by atoms with Crippen LogP contribution in [-0.4, -0.2) is 25.3 Å². The summed E-state index contributed by atoms with van der Waals surface area (Å²) in [6.45, 7) is 2.93. The van der Waals surface area contributed by atoms with Gasteiger partial charge in [0.25, 0.3) is 10.1 Å². The van der Waals surface area contributed by atoms with E-state index >= 15 is 0 Å². The van der Waals surface area contributed by atoms with Gasteiger partial charge >= 0.3 is 0 Å². The molecule has 0 aliphatic carbocycles. The first-order valence-corrected chi connectivity index (χ1v) is 8.92. The van der Waals surface area contributed by atoms with E-state index in [9.17, 15) is 8.42 Å². The lowest BCUT2D eigenvalue weighted by Crippen LogP contribution is -2.28. The maximum Gasteiger partial charge on any atom is 0.266 e. The van der Waals surface area contributed by atoms with Crippen LogP contribution < -0.4 is 4.90 Å². The molecule has 0 atom stereocenters.